The van der Waals surface area contributed by atoms with Crippen LogP contribution in [0, 0.1) is 0 Å². The van der Waals surface area contributed by atoms with E-state index in [-0.39, 0.29) is 6.42 Å². The summed E-state index contributed by atoms with van der Waals surface area (Å²) in [6, 6.07) is 0. The number of carboxylic acid groups (broad SMARTS) is 1. The Bertz CT molecular complexity index is 543. The number of carboxylic acids is 1. The van der Waals surface area contributed by atoms with E-state index in [0.717, 1.165) is 9.13 Å². The van der Waals surface area contributed by atoms with Gasteiger partial charge in [-0.15, -0.1) is 0 Å². The van der Waals surface area contributed by atoms with Gasteiger partial charge in [-0.2, -0.15) is 0 Å². The second kappa shape index (κ2) is 4.57. The molecule has 1 heterocycles. The van der Waals surface area contributed by atoms with Crippen LogP contribution in [-0.4, -0.2) is 20.2 Å². The third-order valence-electron chi connectivity index (χ3n) is 2.89. The lowest BCUT2D eigenvalue weighted by Crippen LogP contribution is -2.51. The van der Waals surface area contributed by atoms with E-state index in [1.165, 1.54) is 26.4 Å². The number of carbonyl (C=O) groups is 1. The van der Waals surface area contributed by atoms with Gasteiger partial charge in [0, 0.05) is 19.4 Å². The fourth-order valence-corrected chi connectivity index (χ4v) is 1.76. The van der Waals surface area contributed by atoms with Crippen molar-refractivity contribution < 1.29 is 9.90 Å². The standard InChI is InChI=1S/C11H16N2O4/c1-4-5-11(2,10(16)17)13-7-6-12(3)8(14)9(13)15/h6-7H,4-5H2,1-3H3,(H,16,17). The van der Waals surface area contributed by atoms with Gasteiger partial charge in [-0.25, -0.2) is 4.79 Å². The first-order valence-electron chi connectivity index (χ1n) is 5.36. The molecule has 94 valence electrons. The third kappa shape index (κ3) is 2.15. The van der Waals surface area contributed by atoms with Crippen molar-refractivity contribution in [3.05, 3.63) is 33.1 Å². The fourth-order valence-electron chi connectivity index (χ4n) is 1.76. The van der Waals surface area contributed by atoms with Crippen LogP contribution >= 0.6 is 0 Å². The minimum Gasteiger partial charge on any atom is -0.479 e. The smallest absolute Gasteiger partial charge is 0.329 e. The van der Waals surface area contributed by atoms with Gasteiger partial charge >= 0.3 is 17.1 Å². The summed E-state index contributed by atoms with van der Waals surface area (Å²) in [6.45, 7) is 3.27. The molecule has 0 saturated heterocycles. The molecular formula is C11H16N2O4. The molecule has 1 N–H and O–H groups in total. The molecule has 1 aromatic heterocycles. The Morgan fingerprint density at radius 3 is 2.41 bits per heavy atom. The quantitative estimate of drug-likeness (QED) is 0.759. The van der Waals surface area contributed by atoms with Crippen LogP contribution in [0.25, 0.3) is 0 Å². The molecule has 0 bridgehead atoms. The van der Waals surface area contributed by atoms with Crippen molar-refractivity contribution in [1.29, 1.82) is 0 Å². The molecule has 1 rings (SSSR count). The molecule has 0 aliphatic heterocycles. The zero-order valence-corrected chi connectivity index (χ0v) is 10.1. The topological polar surface area (TPSA) is 81.3 Å². The van der Waals surface area contributed by atoms with Crippen molar-refractivity contribution in [2.24, 2.45) is 7.05 Å². The van der Waals surface area contributed by atoms with Crippen molar-refractivity contribution in [2.75, 3.05) is 0 Å². The van der Waals surface area contributed by atoms with Gasteiger partial charge in [0.15, 0.2) is 0 Å². The fraction of sp³-hybridized carbons (Fsp3) is 0.545. The molecule has 0 aliphatic rings. The molecule has 0 radical (unpaired) electrons. The number of nitrogens with zero attached hydrogens (tertiary/aromatic N) is 2. The van der Waals surface area contributed by atoms with E-state index < -0.39 is 22.6 Å². The summed E-state index contributed by atoms with van der Waals surface area (Å²) < 4.78 is 2.13. The van der Waals surface area contributed by atoms with Crippen molar-refractivity contribution in [2.45, 2.75) is 32.2 Å². The predicted octanol–water partition coefficient (Wildman–Crippen LogP) is 0.147. The van der Waals surface area contributed by atoms with Crippen LogP contribution in [0.4, 0.5) is 0 Å². The van der Waals surface area contributed by atoms with Gasteiger partial charge in [-0.05, 0) is 13.3 Å². The van der Waals surface area contributed by atoms with Crippen LogP contribution < -0.4 is 11.1 Å². The van der Waals surface area contributed by atoms with Gasteiger partial charge in [0.1, 0.15) is 5.54 Å². The van der Waals surface area contributed by atoms with Crippen molar-refractivity contribution in [1.82, 2.24) is 9.13 Å². The van der Waals surface area contributed by atoms with E-state index in [1.807, 2.05) is 6.92 Å². The number of hydrogen-bond acceptors (Lipinski definition) is 3. The largest absolute Gasteiger partial charge is 0.479 e. The molecule has 1 unspecified atom stereocenters. The Hall–Kier alpha value is -1.85. The molecule has 0 aliphatic carbocycles. The van der Waals surface area contributed by atoms with Crippen LogP contribution in [0.2, 0.25) is 0 Å². The summed E-state index contributed by atoms with van der Waals surface area (Å²) in [7, 11) is 1.45. The van der Waals surface area contributed by atoms with Gasteiger partial charge in [-0.3, -0.25) is 14.2 Å². The van der Waals surface area contributed by atoms with E-state index >= 15 is 0 Å². The Balaban J connectivity index is 3.51. The summed E-state index contributed by atoms with van der Waals surface area (Å²) >= 11 is 0. The molecule has 6 heteroatoms. The van der Waals surface area contributed by atoms with Crippen molar-refractivity contribution >= 4 is 5.97 Å². The first kappa shape index (κ1) is 13.2. The molecule has 0 aromatic carbocycles. The van der Waals surface area contributed by atoms with E-state index in [2.05, 4.69) is 0 Å². The molecule has 0 fully saturated rings. The SMILES string of the molecule is CCCC(C)(C(=O)O)n1ccn(C)c(=O)c1=O. The molecular weight excluding hydrogens is 224 g/mol. The summed E-state index contributed by atoms with van der Waals surface area (Å²) in [6.07, 6.45) is 3.62. The molecule has 1 atom stereocenters. The Morgan fingerprint density at radius 1 is 1.35 bits per heavy atom. The maximum atomic E-state index is 11.8. The summed E-state index contributed by atoms with van der Waals surface area (Å²) in [5.74, 6) is -1.12. The zero-order valence-electron chi connectivity index (χ0n) is 10.1. The normalized spacial score (nSPS) is 14.3. The molecule has 17 heavy (non-hydrogen) atoms. The van der Waals surface area contributed by atoms with E-state index in [9.17, 15) is 19.5 Å². The van der Waals surface area contributed by atoms with E-state index in [4.69, 9.17) is 0 Å². The zero-order chi connectivity index (χ0) is 13.2. The highest BCUT2D eigenvalue weighted by Gasteiger charge is 2.35. The number of aromatic nitrogens is 2. The number of aryl methyl sites for hydroxylation is 1. The molecule has 0 amide bonds. The monoisotopic (exact) mass is 240 g/mol. The summed E-state index contributed by atoms with van der Waals surface area (Å²) in [5, 5.41) is 9.23. The van der Waals surface area contributed by atoms with Crippen LogP contribution in [0.1, 0.15) is 26.7 Å². The van der Waals surface area contributed by atoms with Gasteiger partial charge in [0.05, 0.1) is 0 Å². The van der Waals surface area contributed by atoms with Gasteiger partial charge < -0.3 is 9.67 Å². The van der Waals surface area contributed by atoms with Crippen LogP contribution in [0.15, 0.2) is 22.0 Å². The first-order valence-corrected chi connectivity index (χ1v) is 5.36. The van der Waals surface area contributed by atoms with Crippen LogP contribution in [0.5, 0.6) is 0 Å². The van der Waals surface area contributed by atoms with Gasteiger partial charge in [0.2, 0.25) is 0 Å². The molecule has 0 spiro atoms. The maximum absolute atomic E-state index is 11.8. The Labute approximate surface area is 98.1 Å². The van der Waals surface area contributed by atoms with Crippen LogP contribution in [-0.2, 0) is 17.4 Å². The summed E-state index contributed by atoms with van der Waals surface area (Å²) in [4.78, 5) is 34.6. The molecule has 0 saturated carbocycles. The van der Waals surface area contributed by atoms with E-state index in [1.54, 1.807) is 0 Å². The number of hydrogen-bond donors (Lipinski definition) is 1. The molecule has 6 nitrogen and oxygen atoms in total. The lowest BCUT2D eigenvalue weighted by molar-refractivity contribution is -0.147. The summed E-state index contributed by atoms with van der Waals surface area (Å²) in [5.41, 5.74) is -2.91. The van der Waals surface area contributed by atoms with Crippen molar-refractivity contribution in [3.8, 4) is 0 Å². The van der Waals surface area contributed by atoms with Crippen LogP contribution in [0.3, 0.4) is 0 Å². The average Bonchev–Trinajstić information content (AvgIpc) is 2.26. The Kier molecular flexibility index (Phi) is 3.55. The maximum Gasteiger partial charge on any atom is 0.329 e. The Morgan fingerprint density at radius 2 is 1.94 bits per heavy atom. The van der Waals surface area contributed by atoms with Crippen molar-refractivity contribution in [3.63, 3.8) is 0 Å². The van der Waals surface area contributed by atoms with E-state index in [0.29, 0.717) is 6.42 Å². The van der Waals surface area contributed by atoms with Gasteiger partial charge in [0.25, 0.3) is 0 Å². The first-order chi connectivity index (χ1) is 7.84. The third-order valence-corrected chi connectivity index (χ3v) is 2.89. The minimum absolute atomic E-state index is 0.287. The van der Waals surface area contributed by atoms with Gasteiger partial charge in [-0.1, -0.05) is 13.3 Å². The minimum atomic E-state index is -1.38. The highest BCUT2D eigenvalue weighted by molar-refractivity contribution is 5.76. The average molecular weight is 240 g/mol. The second-order valence-corrected chi connectivity index (χ2v) is 4.22. The second-order valence-electron chi connectivity index (χ2n) is 4.22. The lowest BCUT2D eigenvalue weighted by atomic mass is 9.96. The molecule has 1 aromatic rings. The number of aliphatic carboxylic acids is 1. The highest BCUT2D eigenvalue weighted by atomic mass is 16.4. The lowest BCUT2D eigenvalue weighted by Gasteiger charge is -2.26. The predicted molar refractivity (Wildman–Crippen MR) is 62.1 cm³/mol. The number of rotatable bonds is 4. The highest BCUT2D eigenvalue weighted by Crippen LogP contribution is 2.20.